The van der Waals surface area contributed by atoms with E-state index in [1.165, 1.54) is 28.5 Å². The summed E-state index contributed by atoms with van der Waals surface area (Å²) in [6.45, 7) is 6.84. The van der Waals surface area contributed by atoms with Gasteiger partial charge in [-0.15, -0.1) is 11.3 Å². The summed E-state index contributed by atoms with van der Waals surface area (Å²) < 4.78 is 2.36. The number of aryl methyl sites for hydroxylation is 1. The highest BCUT2D eigenvalue weighted by atomic mass is 32.1. The molecule has 0 saturated carbocycles. The first-order valence-electron chi connectivity index (χ1n) is 5.62. The Morgan fingerprint density at radius 2 is 2.27 bits per heavy atom. The third-order valence-corrected chi connectivity index (χ3v) is 4.35. The van der Waals surface area contributed by atoms with Gasteiger partial charge in [-0.25, -0.2) is 4.98 Å². The highest BCUT2D eigenvalue weighted by Gasteiger charge is 2.27. The molecule has 3 rings (SSSR count). The van der Waals surface area contributed by atoms with Crippen molar-refractivity contribution in [1.82, 2.24) is 9.38 Å². The van der Waals surface area contributed by atoms with E-state index < -0.39 is 0 Å². The highest BCUT2D eigenvalue weighted by molar-refractivity contribution is 7.15. The molecule has 0 N–H and O–H groups in total. The molecule has 2 aromatic rings. The van der Waals surface area contributed by atoms with Crippen molar-refractivity contribution in [3.8, 4) is 0 Å². The summed E-state index contributed by atoms with van der Waals surface area (Å²) in [5.74, 6) is 1.45. The molecule has 0 spiro atoms. The average molecular weight is 220 g/mol. The van der Waals surface area contributed by atoms with E-state index in [1.54, 1.807) is 11.3 Å². The normalized spacial score (nSPS) is 25.8. The minimum absolute atomic E-state index is 0.659. The van der Waals surface area contributed by atoms with Crippen molar-refractivity contribution in [3.63, 3.8) is 0 Å². The van der Waals surface area contributed by atoms with Gasteiger partial charge in [-0.3, -0.25) is 4.40 Å². The Balaban J connectivity index is 2.29. The summed E-state index contributed by atoms with van der Waals surface area (Å²) in [7, 11) is 0. The second kappa shape index (κ2) is 3.08. The largest absolute Gasteiger partial charge is 0.291 e. The number of imidazole rings is 1. The van der Waals surface area contributed by atoms with Crippen LogP contribution in [0.3, 0.4) is 0 Å². The second-order valence-electron chi connectivity index (χ2n) is 4.88. The third kappa shape index (κ3) is 1.26. The predicted molar refractivity (Wildman–Crippen MR) is 63.7 cm³/mol. The zero-order valence-electron chi connectivity index (χ0n) is 9.45. The van der Waals surface area contributed by atoms with Crippen molar-refractivity contribution in [2.45, 2.75) is 39.5 Å². The summed E-state index contributed by atoms with van der Waals surface area (Å²) in [6, 6.07) is 0. The molecule has 2 nitrogen and oxygen atoms in total. The van der Waals surface area contributed by atoms with Crippen LogP contribution < -0.4 is 0 Å². The Hall–Kier alpha value is -0.830. The van der Waals surface area contributed by atoms with Crippen LogP contribution in [0.5, 0.6) is 0 Å². The fraction of sp³-hybridized carbons (Fsp3) is 0.583. The van der Waals surface area contributed by atoms with E-state index in [9.17, 15) is 0 Å². The fourth-order valence-corrected chi connectivity index (χ4v) is 3.74. The van der Waals surface area contributed by atoms with Gasteiger partial charge in [0.05, 0.1) is 5.69 Å². The summed E-state index contributed by atoms with van der Waals surface area (Å²) in [5, 5.41) is 2.20. The molecule has 2 unspecified atom stereocenters. The lowest BCUT2D eigenvalue weighted by Crippen LogP contribution is -2.16. The molecular weight excluding hydrogens is 204 g/mol. The first-order valence-corrected chi connectivity index (χ1v) is 6.50. The summed E-state index contributed by atoms with van der Waals surface area (Å²) in [5.41, 5.74) is 4.16. The number of thiazole rings is 1. The molecule has 2 aromatic heterocycles. The lowest BCUT2D eigenvalue weighted by atomic mass is 9.84. The molecule has 1 aliphatic rings. The Morgan fingerprint density at radius 1 is 1.47 bits per heavy atom. The highest BCUT2D eigenvalue weighted by Crippen LogP contribution is 2.36. The number of fused-ring (bicyclic) bond motifs is 3. The SMILES string of the molecule is Cc1csc2nc3c(n12)C(C)CC(C)C3. The molecule has 0 bridgehead atoms. The van der Waals surface area contributed by atoms with Gasteiger partial charge in [-0.2, -0.15) is 0 Å². The summed E-state index contributed by atoms with van der Waals surface area (Å²) in [6.07, 6.45) is 2.46. The van der Waals surface area contributed by atoms with Gasteiger partial charge in [-0.1, -0.05) is 13.8 Å². The first-order chi connectivity index (χ1) is 7.16. The third-order valence-electron chi connectivity index (χ3n) is 3.41. The predicted octanol–water partition coefficient (Wildman–Crippen LogP) is 3.39. The number of nitrogens with zero attached hydrogens (tertiary/aromatic N) is 2. The van der Waals surface area contributed by atoms with Gasteiger partial charge in [-0.05, 0) is 31.6 Å². The van der Waals surface area contributed by atoms with E-state index in [0.717, 1.165) is 12.3 Å². The molecule has 3 heteroatoms. The van der Waals surface area contributed by atoms with Crippen LogP contribution in [0.2, 0.25) is 0 Å². The maximum absolute atomic E-state index is 4.76. The van der Waals surface area contributed by atoms with Gasteiger partial charge in [0.25, 0.3) is 0 Å². The monoisotopic (exact) mass is 220 g/mol. The molecule has 0 aromatic carbocycles. The number of rotatable bonds is 0. The van der Waals surface area contributed by atoms with Gasteiger partial charge >= 0.3 is 0 Å². The molecular formula is C12H16N2S. The molecule has 0 fully saturated rings. The van der Waals surface area contributed by atoms with E-state index in [-0.39, 0.29) is 0 Å². The molecule has 0 saturated heterocycles. The number of hydrogen-bond acceptors (Lipinski definition) is 2. The fourth-order valence-electron chi connectivity index (χ4n) is 2.85. The molecule has 1 aliphatic carbocycles. The maximum Gasteiger partial charge on any atom is 0.194 e. The van der Waals surface area contributed by atoms with Crippen LogP contribution in [0.25, 0.3) is 4.96 Å². The maximum atomic E-state index is 4.76. The van der Waals surface area contributed by atoms with Crippen molar-refractivity contribution in [1.29, 1.82) is 0 Å². The Kier molecular flexibility index (Phi) is 1.93. The zero-order chi connectivity index (χ0) is 10.6. The first kappa shape index (κ1) is 9.40. The lowest BCUT2D eigenvalue weighted by molar-refractivity contribution is 0.437. The van der Waals surface area contributed by atoms with E-state index in [2.05, 4.69) is 30.6 Å². The Bertz CT molecular complexity index is 509. The Morgan fingerprint density at radius 3 is 3.07 bits per heavy atom. The van der Waals surface area contributed by atoms with Crippen LogP contribution in [-0.2, 0) is 6.42 Å². The molecule has 80 valence electrons. The van der Waals surface area contributed by atoms with Gasteiger partial charge in [0.15, 0.2) is 4.96 Å². The minimum atomic E-state index is 0.659. The molecule has 0 aliphatic heterocycles. The molecule has 2 atom stereocenters. The standard InChI is InChI=1S/C12H16N2S/c1-7-4-8(2)11-10(5-7)13-12-14(11)9(3)6-15-12/h6-8H,4-5H2,1-3H3. The van der Waals surface area contributed by atoms with E-state index >= 15 is 0 Å². The van der Waals surface area contributed by atoms with Crippen LogP contribution >= 0.6 is 11.3 Å². The topological polar surface area (TPSA) is 17.3 Å². The molecule has 0 amide bonds. The van der Waals surface area contributed by atoms with Crippen LogP contribution in [0, 0.1) is 12.8 Å². The van der Waals surface area contributed by atoms with E-state index in [0.29, 0.717) is 5.92 Å². The van der Waals surface area contributed by atoms with Crippen molar-refractivity contribution in [2.75, 3.05) is 0 Å². The van der Waals surface area contributed by atoms with Crippen molar-refractivity contribution in [2.24, 2.45) is 5.92 Å². The van der Waals surface area contributed by atoms with E-state index in [4.69, 9.17) is 4.98 Å². The van der Waals surface area contributed by atoms with Gasteiger partial charge < -0.3 is 0 Å². The van der Waals surface area contributed by atoms with Gasteiger partial charge in [0.1, 0.15) is 0 Å². The second-order valence-corrected chi connectivity index (χ2v) is 5.72. The van der Waals surface area contributed by atoms with E-state index in [1.807, 2.05) is 0 Å². The minimum Gasteiger partial charge on any atom is -0.291 e. The average Bonchev–Trinajstić information content (AvgIpc) is 2.66. The molecule has 2 heterocycles. The summed E-state index contributed by atoms with van der Waals surface area (Å²) >= 11 is 1.76. The van der Waals surface area contributed by atoms with Crippen molar-refractivity contribution in [3.05, 3.63) is 22.5 Å². The smallest absolute Gasteiger partial charge is 0.194 e. The van der Waals surface area contributed by atoms with Crippen LogP contribution in [0.15, 0.2) is 5.38 Å². The quantitative estimate of drug-likeness (QED) is 0.665. The lowest BCUT2D eigenvalue weighted by Gasteiger charge is -2.23. The number of hydrogen-bond donors (Lipinski definition) is 0. The van der Waals surface area contributed by atoms with Gasteiger partial charge in [0.2, 0.25) is 0 Å². The molecule has 0 radical (unpaired) electrons. The summed E-state index contributed by atoms with van der Waals surface area (Å²) in [4.78, 5) is 5.94. The van der Waals surface area contributed by atoms with Crippen molar-refractivity contribution >= 4 is 16.3 Å². The molecule has 15 heavy (non-hydrogen) atoms. The van der Waals surface area contributed by atoms with Crippen molar-refractivity contribution < 1.29 is 0 Å². The van der Waals surface area contributed by atoms with Crippen LogP contribution in [0.4, 0.5) is 0 Å². The number of aromatic nitrogens is 2. The van der Waals surface area contributed by atoms with Crippen LogP contribution in [-0.4, -0.2) is 9.38 Å². The van der Waals surface area contributed by atoms with Gasteiger partial charge in [0, 0.05) is 16.8 Å². The zero-order valence-corrected chi connectivity index (χ0v) is 10.3. The Labute approximate surface area is 94.0 Å². The van der Waals surface area contributed by atoms with Crippen LogP contribution in [0.1, 0.15) is 43.3 Å².